The minimum Gasteiger partial charge on any atom is -0.466 e. The van der Waals surface area contributed by atoms with Crippen molar-refractivity contribution < 1.29 is 9.53 Å². The van der Waals surface area contributed by atoms with Gasteiger partial charge < -0.3 is 4.74 Å². The van der Waals surface area contributed by atoms with E-state index >= 15 is 0 Å². The standard InChI is InChI=1S/C8H9BrO2.C2H6/c1-11-8(10)6-3-2-4-7(9)5-6;1-2/h4-5H,2-3H2,1H3;1-2H3. The van der Waals surface area contributed by atoms with Crippen LogP contribution in [0.15, 0.2) is 22.2 Å². The Labute approximate surface area is 87.8 Å². The van der Waals surface area contributed by atoms with Crippen LogP contribution in [0.2, 0.25) is 0 Å². The largest absolute Gasteiger partial charge is 0.466 e. The molecule has 13 heavy (non-hydrogen) atoms. The molecule has 0 radical (unpaired) electrons. The Bertz CT molecular complexity index is 229. The van der Waals surface area contributed by atoms with Crippen LogP contribution < -0.4 is 0 Å². The third kappa shape index (κ3) is 4.27. The molecule has 0 aromatic rings. The van der Waals surface area contributed by atoms with Crippen molar-refractivity contribution in [2.45, 2.75) is 26.7 Å². The molecule has 0 saturated carbocycles. The number of allylic oxidation sites excluding steroid dienone is 3. The van der Waals surface area contributed by atoms with Gasteiger partial charge in [-0.2, -0.15) is 0 Å². The Morgan fingerprint density at radius 1 is 1.54 bits per heavy atom. The summed E-state index contributed by atoms with van der Waals surface area (Å²) in [4.78, 5) is 11.0. The average molecular weight is 247 g/mol. The molecule has 1 aliphatic rings. The molecule has 0 aliphatic heterocycles. The van der Waals surface area contributed by atoms with E-state index in [1.54, 1.807) is 6.08 Å². The number of esters is 1. The zero-order chi connectivity index (χ0) is 10.3. The smallest absolute Gasteiger partial charge is 0.333 e. The van der Waals surface area contributed by atoms with Gasteiger partial charge in [0, 0.05) is 10.1 Å². The maximum absolute atomic E-state index is 11.0. The number of hydrogen-bond donors (Lipinski definition) is 0. The molecule has 3 heteroatoms. The molecule has 0 bridgehead atoms. The van der Waals surface area contributed by atoms with Crippen LogP contribution in [0.4, 0.5) is 0 Å². The van der Waals surface area contributed by atoms with Gasteiger partial charge in [0.05, 0.1) is 7.11 Å². The molecule has 0 N–H and O–H groups in total. The first-order valence-electron chi connectivity index (χ1n) is 4.38. The zero-order valence-electron chi connectivity index (χ0n) is 8.26. The highest BCUT2D eigenvalue weighted by molar-refractivity contribution is 9.11. The molecule has 1 aliphatic carbocycles. The third-order valence-electron chi connectivity index (χ3n) is 1.51. The summed E-state index contributed by atoms with van der Waals surface area (Å²) in [5, 5.41) is 0. The first kappa shape index (κ1) is 12.4. The summed E-state index contributed by atoms with van der Waals surface area (Å²) in [7, 11) is 1.40. The highest BCUT2D eigenvalue weighted by atomic mass is 79.9. The molecule has 0 saturated heterocycles. The molecule has 0 unspecified atom stereocenters. The van der Waals surface area contributed by atoms with Gasteiger partial charge in [-0.1, -0.05) is 35.9 Å². The number of halogens is 1. The number of rotatable bonds is 1. The van der Waals surface area contributed by atoms with Crippen LogP contribution in [0.5, 0.6) is 0 Å². The molecule has 2 nitrogen and oxygen atoms in total. The fourth-order valence-electron chi connectivity index (χ4n) is 0.955. The summed E-state index contributed by atoms with van der Waals surface area (Å²) >= 11 is 3.30. The lowest BCUT2D eigenvalue weighted by Crippen LogP contribution is -2.06. The molecule has 74 valence electrons. The molecule has 0 fully saturated rings. The predicted octanol–water partition coefficient (Wildman–Crippen LogP) is 3.18. The molecular formula is C10H15BrO2. The summed E-state index contributed by atoms with van der Waals surface area (Å²) < 4.78 is 5.54. The quantitative estimate of drug-likeness (QED) is 0.665. The van der Waals surface area contributed by atoms with Crippen molar-refractivity contribution in [2.75, 3.05) is 7.11 Å². The molecule has 0 aromatic carbocycles. The minimum absolute atomic E-state index is 0.227. The van der Waals surface area contributed by atoms with Gasteiger partial charge in [-0.25, -0.2) is 4.79 Å². The van der Waals surface area contributed by atoms with Crippen LogP contribution in [-0.2, 0) is 9.53 Å². The second-order valence-electron chi connectivity index (χ2n) is 2.29. The van der Waals surface area contributed by atoms with Gasteiger partial charge in [-0.15, -0.1) is 0 Å². The van der Waals surface area contributed by atoms with Crippen LogP contribution in [0.3, 0.4) is 0 Å². The van der Waals surface area contributed by atoms with Gasteiger partial charge in [0.2, 0.25) is 0 Å². The number of carbonyl (C=O) groups is 1. The number of methoxy groups -OCH3 is 1. The second kappa shape index (κ2) is 6.89. The lowest BCUT2D eigenvalue weighted by molar-refractivity contribution is -0.136. The van der Waals surface area contributed by atoms with E-state index in [4.69, 9.17) is 0 Å². The maximum Gasteiger partial charge on any atom is 0.333 e. The molecule has 0 atom stereocenters. The lowest BCUT2D eigenvalue weighted by atomic mass is 10.1. The maximum atomic E-state index is 11.0. The number of hydrogen-bond acceptors (Lipinski definition) is 2. The van der Waals surface area contributed by atoms with Crippen molar-refractivity contribution in [1.82, 2.24) is 0 Å². The fourth-order valence-corrected chi connectivity index (χ4v) is 1.46. The number of carbonyl (C=O) groups excluding carboxylic acids is 1. The molecule has 0 heterocycles. The van der Waals surface area contributed by atoms with E-state index in [2.05, 4.69) is 20.7 Å². The summed E-state index contributed by atoms with van der Waals surface area (Å²) in [6, 6.07) is 0. The highest BCUT2D eigenvalue weighted by Gasteiger charge is 2.11. The molecule has 1 rings (SSSR count). The predicted molar refractivity (Wildman–Crippen MR) is 57.7 cm³/mol. The van der Waals surface area contributed by atoms with E-state index in [0.717, 1.165) is 22.9 Å². The van der Waals surface area contributed by atoms with E-state index in [-0.39, 0.29) is 5.97 Å². The highest BCUT2D eigenvalue weighted by Crippen LogP contribution is 2.21. The van der Waals surface area contributed by atoms with Crippen LogP contribution in [0, 0.1) is 0 Å². The Hall–Kier alpha value is -0.570. The normalized spacial score (nSPS) is 14.8. The van der Waals surface area contributed by atoms with Gasteiger partial charge in [0.1, 0.15) is 0 Å². The van der Waals surface area contributed by atoms with Crippen molar-refractivity contribution in [3.63, 3.8) is 0 Å². The van der Waals surface area contributed by atoms with E-state index in [0.29, 0.717) is 0 Å². The van der Waals surface area contributed by atoms with Crippen LogP contribution in [0.1, 0.15) is 26.7 Å². The van der Waals surface area contributed by atoms with E-state index < -0.39 is 0 Å². The summed E-state index contributed by atoms with van der Waals surface area (Å²) in [6.07, 6.45) is 5.52. The SMILES string of the molecule is CC.COC(=O)C1=CC(Br)=CCC1. The lowest BCUT2D eigenvalue weighted by Gasteiger charge is -2.07. The van der Waals surface area contributed by atoms with Gasteiger partial charge >= 0.3 is 5.97 Å². The minimum atomic E-state index is -0.227. The Morgan fingerprint density at radius 3 is 2.62 bits per heavy atom. The Morgan fingerprint density at radius 2 is 2.15 bits per heavy atom. The van der Waals surface area contributed by atoms with Crippen LogP contribution in [-0.4, -0.2) is 13.1 Å². The van der Waals surface area contributed by atoms with Crippen molar-refractivity contribution in [3.05, 3.63) is 22.2 Å². The van der Waals surface area contributed by atoms with Crippen molar-refractivity contribution in [1.29, 1.82) is 0 Å². The van der Waals surface area contributed by atoms with Crippen LogP contribution in [0.25, 0.3) is 0 Å². The van der Waals surface area contributed by atoms with E-state index in [1.165, 1.54) is 7.11 Å². The van der Waals surface area contributed by atoms with Crippen molar-refractivity contribution in [2.24, 2.45) is 0 Å². The van der Waals surface area contributed by atoms with Gasteiger partial charge in [-0.05, 0) is 18.9 Å². The topological polar surface area (TPSA) is 26.3 Å². The molecular weight excluding hydrogens is 232 g/mol. The average Bonchev–Trinajstić information content (AvgIpc) is 2.20. The fraction of sp³-hybridized carbons (Fsp3) is 0.500. The molecule has 0 spiro atoms. The molecule has 0 aromatic heterocycles. The first-order valence-corrected chi connectivity index (χ1v) is 5.18. The van der Waals surface area contributed by atoms with Crippen LogP contribution >= 0.6 is 15.9 Å². The molecule has 0 amide bonds. The summed E-state index contributed by atoms with van der Waals surface area (Å²) in [5.74, 6) is -0.227. The third-order valence-corrected chi connectivity index (χ3v) is 2.07. The monoisotopic (exact) mass is 246 g/mol. The van der Waals surface area contributed by atoms with Gasteiger partial charge in [0.25, 0.3) is 0 Å². The summed E-state index contributed by atoms with van der Waals surface area (Å²) in [6.45, 7) is 4.00. The van der Waals surface area contributed by atoms with Gasteiger partial charge in [-0.3, -0.25) is 0 Å². The van der Waals surface area contributed by atoms with E-state index in [1.807, 2.05) is 19.9 Å². The second-order valence-corrected chi connectivity index (χ2v) is 3.20. The Balaban J connectivity index is 0.000000671. The van der Waals surface area contributed by atoms with Crippen molar-refractivity contribution in [3.8, 4) is 0 Å². The number of ether oxygens (including phenoxy) is 1. The summed E-state index contributed by atoms with van der Waals surface area (Å²) in [5.41, 5.74) is 0.738. The van der Waals surface area contributed by atoms with Crippen molar-refractivity contribution >= 4 is 21.9 Å². The first-order chi connectivity index (χ1) is 6.24. The van der Waals surface area contributed by atoms with Gasteiger partial charge in [0.15, 0.2) is 0 Å². The Kier molecular flexibility index (Phi) is 6.59. The zero-order valence-corrected chi connectivity index (χ0v) is 9.85. The van der Waals surface area contributed by atoms with E-state index in [9.17, 15) is 4.79 Å².